The summed E-state index contributed by atoms with van der Waals surface area (Å²) in [6.45, 7) is 1.95. The first-order valence-electron chi connectivity index (χ1n) is 12.9. The number of aryl methyl sites for hydroxylation is 1. The summed E-state index contributed by atoms with van der Waals surface area (Å²) in [5.41, 5.74) is 3.27. The fraction of sp³-hybridized carbons (Fsp3) is 0.379. The van der Waals surface area contributed by atoms with Crippen LogP contribution in [0.15, 0.2) is 53.6 Å². The van der Waals surface area contributed by atoms with Crippen molar-refractivity contribution in [3.63, 3.8) is 0 Å². The molecule has 1 aromatic carbocycles. The number of alkyl halides is 3. The van der Waals surface area contributed by atoms with Crippen LogP contribution in [0.1, 0.15) is 65.6 Å². The van der Waals surface area contributed by atoms with Gasteiger partial charge in [0, 0.05) is 29.0 Å². The Balaban J connectivity index is 1.48. The maximum Gasteiger partial charge on any atom is 0.422 e. The number of aromatic nitrogens is 4. The van der Waals surface area contributed by atoms with Gasteiger partial charge >= 0.3 is 6.18 Å². The molecule has 1 fully saturated rings. The van der Waals surface area contributed by atoms with Gasteiger partial charge in [-0.25, -0.2) is 14.4 Å². The molecule has 0 amide bonds. The predicted molar refractivity (Wildman–Crippen MR) is 139 cm³/mol. The highest BCUT2D eigenvalue weighted by Crippen LogP contribution is 2.41. The number of halogens is 4. The van der Waals surface area contributed by atoms with Crippen LogP contribution in [0.4, 0.5) is 17.6 Å². The van der Waals surface area contributed by atoms with Crippen LogP contribution in [-0.2, 0) is 6.54 Å². The van der Waals surface area contributed by atoms with Gasteiger partial charge < -0.3 is 4.74 Å². The molecule has 4 aromatic rings. The molecular formula is C29H28F4N4O2. The zero-order valence-corrected chi connectivity index (χ0v) is 21.6. The summed E-state index contributed by atoms with van der Waals surface area (Å²) in [7, 11) is 0. The molecule has 0 aliphatic heterocycles. The second-order valence-corrected chi connectivity index (χ2v) is 10.1. The number of hydrogen-bond donors (Lipinski definition) is 0. The first kappa shape index (κ1) is 26.8. The van der Waals surface area contributed by atoms with Gasteiger partial charge in [-0.1, -0.05) is 12.1 Å². The molecule has 1 aliphatic rings. The van der Waals surface area contributed by atoms with Crippen molar-refractivity contribution in [1.29, 1.82) is 0 Å². The molecule has 0 bridgehead atoms. The molecule has 0 spiro atoms. The SMILES string of the molecule is Cc1ccc2cc(C3CCC(c4cccc(F)c4C)CC3)c(=O)n(Cc3nccnc3OCC(F)(F)F)c2n1. The summed E-state index contributed by atoms with van der Waals surface area (Å²) >= 11 is 0. The van der Waals surface area contributed by atoms with Crippen LogP contribution in [0.3, 0.4) is 0 Å². The van der Waals surface area contributed by atoms with Crippen molar-refractivity contribution in [2.24, 2.45) is 0 Å². The predicted octanol–water partition coefficient (Wildman–Crippen LogP) is 6.37. The second-order valence-electron chi connectivity index (χ2n) is 10.1. The summed E-state index contributed by atoms with van der Waals surface area (Å²) < 4.78 is 58.9. The third kappa shape index (κ3) is 5.79. The number of ether oxygens (including phenoxy) is 1. The van der Waals surface area contributed by atoms with Crippen LogP contribution < -0.4 is 10.3 Å². The number of benzene rings is 1. The van der Waals surface area contributed by atoms with Gasteiger partial charge in [-0.2, -0.15) is 13.2 Å². The zero-order chi connectivity index (χ0) is 27.7. The van der Waals surface area contributed by atoms with E-state index in [2.05, 4.69) is 15.0 Å². The fourth-order valence-corrected chi connectivity index (χ4v) is 5.47. The summed E-state index contributed by atoms with van der Waals surface area (Å²) in [6, 6.07) is 10.8. The lowest BCUT2D eigenvalue weighted by molar-refractivity contribution is -0.154. The van der Waals surface area contributed by atoms with Crippen molar-refractivity contribution in [3.8, 4) is 5.88 Å². The van der Waals surface area contributed by atoms with Crippen molar-refractivity contribution >= 4 is 11.0 Å². The van der Waals surface area contributed by atoms with Crippen LogP contribution in [0, 0.1) is 19.7 Å². The molecule has 1 aliphatic carbocycles. The molecule has 0 N–H and O–H groups in total. The minimum atomic E-state index is -4.54. The minimum Gasteiger partial charge on any atom is -0.467 e. The fourth-order valence-electron chi connectivity index (χ4n) is 5.47. The average Bonchev–Trinajstić information content (AvgIpc) is 2.91. The number of hydrogen-bond acceptors (Lipinski definition) is 5. The highest BCUT2D eigenvalue weighted by atomic mass is 19.4. The van der Waals surface area contributed by atoms with E-state index in [1.807, 2.05) is 24.3 Å². The lowest BCUT2D eigenvalue weighted by Gasteiger charge is -2.30. The molecule has 0 saturated heterocycles. The van der Waals surface area contributed by atoms with E-state index in [-0.39, 0.29) is 41.3 Å². The van der Waals surface area contributed by atoms with Crippen molar-refractivity contribution in [2.45, 2.75) is 64.1 Å². The van der Waals surface area contributed by atoms with Crippen LogP contribution in [0.2, 0.25) is 0 Å². The van der Waals surface area contributed by atoms with Crippen LogP contribution in [-0.4, -0.2) is 32.3 Å². The van der Waals surface area contributed by atoms with Gasteiger partial charge in [0.05, 0.1) is 6.54 Å². The summed E-state index contributed by atoms with van der Waals surface area (Å²) in [5, 5.41) is 0.750. The van der Waals surface area contributed by atoms with Gasteiger partial charge in [0.15, 0.2) is 6.61 Å². The van der Waals surface area contributed by atoms with Crippen molar-refractivity contribution in [3.05, 3.63) is 93.0 Å². The largest absolute Gasteiger partial charge is 0.467 e. The smallest absolute Gasteiger partial charge is 0.422 e. The zero-order valence-electron chi connectivity index (χ0n) is 21.6. The molecule has 3 aromatic heterocycles. The Morgan fingerprint density at radius 1 is 0.974 bits per heavy atom. The van der Waals surface area contributed by atoms with Gasteiger partial charge in [0.1, 0.15) is 17.2 Å². The molecule has 1 saturated carbocycles. The van der Waals surface area contributed by atoms with Gasteiger partial charge in [0.25, 0.3) is 5.56 Å². The van der Waals surface area contributed by atoms with Gasteiger partial charge in [-0.05, 0) is 86.8 Å². The molecule has 6 nitrogen and oxygen atoms in total. The lowest BCUT2D eigenvalue weighted by atomic mass is 9.75. The van der Waals surface area contributed by atoms with E-state index < -0.39 is 12.8 Å². The Kier molecular flexibility index (Phi) is 7.38. The topological polar surface area (TPSA) is 69.9 Å². The molecule has 0 radical (unpaired) electrons. The normalized spacial score (nSPS) is 17.9. The van der Waals surface area contributed by atoms with Crippen molar-refractivity contribution in [1.82, 2.24) is 19.5 Å². The van der Waals surface area contributed by atoms with Crippen LogP contribution in [0.25, 0.3) is 11.0 Å². The van der Waals surface area contributed by atoms with E-state index in [0.29, 0.717) is 22.5 Å². The third-order valence-corrected chi connectivity index (χ3v) is 7.44. The Bertz CT molecular complexity index is 1560. The molecule has 5 rings (SSSR count). The summed E-state index contributed by atoms with van der Waals surface area (Å²) in [5.74, 6) is -0.282. The summed E-state index contributed by atoms with van der Waals surface area (Å²) in [4.78, 5) is 26.5. The number of fused-ring (bicyclic) bond motifs is 1. The van der Waals surface area contributed by atoms with E-state index in [0.717, 1.165) is 36.6 Å². The lowest BCUT2D eigenvalue weighted by Crippen LogP contribution is -2.29. The molecular weight excluding hydrogens is 512 g/mol. The monoisotopic (exact) mass is 540 g/mol. The minimum absolute atomic E-state index is 0.0117. The Morgan fingerprint density at radius 2 is 1.67 bits per heavy atom. The molecule has 3 heterocycles. The Labute approximate surface area is 222 Å². The number of pyridine rings is 2. The first-order valence-corrected chi connectivity index (χ1v) is 12.9. The first-order chi connectivity index (χ1) is 18.6. The number of rotatable bonds is 6. The van der Waals surface area contributed by atoms with Gasteiger partial charge in [-0.3, -0.25) is 14.3 Å². The molecule has 10 heteroatoms. The quantitative estimate of drug-likeness (QED) is 0.266. The highest BCUT2D eigenvalue weighted by molar-refractivity contribution is 5.76. The van der Waals surface area contributed by atoms with E-state index in [1.54, 1.807) is 19.9 Å². The third-order valence-electron chi connectivity index (χ3n) is 7.44. The van der Waals surface area contributed by atoms with E-state index in [1.165, 1.54) is 23.0 Å². The standard InChI is InChI=1S/C29H28F4N4O2/c1-17-6-7-21-14-23(20-10-8-19(9-11-20)22-4-3-5-24(30)18(22)2)28(38)37(26(21)36-17)15-25-27(35-13-12-34-25)39-16-29(31,32)33/h3-7,12-14,19-20H,8-11,15-16H2,1-2H3. The second kappa shape index (κ2) is 10.7. The molecule has 39 heavy (non-hydrogen) atoms. The molecule has 0 atom stereocenters. The maximum atomic E-state index is 14.1. The molecule has 0 unspecified atom stereocenters. The van der Waals surface area contributed by atoms with Gasteiger partial charge in [-0.15, -0.1) is 0 Å². The maximum absolute atomic E-state index is 14.1. The highest BCUT2D eigenvalue weighted by Gasteiger charge is 2.30. The van der Waals surface area contributed by atoms with E-state index in [9.17, 15) is 22.4 Å². The van der Waals surface area contributed by atoms with Crippen molar-refractivity contribution < 1.29 is 22.3 Å². The van der Waals surface area contributed by atoms with Gasteiger partial charge in [0.2, 0.25) is 5.88 Å². The Hall–Kier alpha value is -3.82. The number of nitrogens with zero attached hydrogens (tertiary/aromatic N) is 4. The van der Waals surface area contributed by atoms with Crippen LogP contribution >= 0.6 is 0 Å². The average molecular weight is 541 g/mol. The van der Waals surface area contributed by atoms with Crippen molar-refractivity contribution in [2.75, 3.05) is 6.61 Å². The van der Waals surface area contributed by atoms with E-state index in [4.69, 9.17) is 4.74 Å². The van der Waals surface area contributed by atoms with E-state index >= 15 is 0 Å². The summed E-state index contributed by atoms with van der Waals surface area (Å²) in [6.07, 6.45) is 1.20. The molecule has 204 valence electrons. The Morgan fingerprint density at radius 3 is 2.38 bits per heavy atom. The van der Waals surface area contributed by atoms with Crippen LogP contribution in [0.5, 0.6) is 5.88 Å².